The van der Waals surface area contributed by atoms with E-state index in [0.717, 1.165) is 36.3 Å². The number of Topliss-reactive ketones (excluding diaryl/α,β-unsaturated/α-hetero) is 1. The number of hydrogen-bond donors (Lipinski definition) is 1. The Morgan fingerprint density at radius 1 is 1.09 bits per heavy atom. The standard InChI is InChI=1S/C25H30N6O3.ClH/c1-16(2)9-10-30-21-22(27-24(30)29-13-18-11-26-12-19(18)14-29)28(3)25(34)31(23(21)33)15-20(32)17-7-5-4-6-8-17;/h4-9,18-19,26H,10-15H2,1-3H3;1H. The molecule has 2 saturated heterocycles. The van der Waals surface area contributed by atoms with Gasteiger partial charge in [0.15, 0.2) is 16.9 Å². The van der Waals surface area contributed by atoms with Crippen LogP contribution in [0.5, 0.6) is 0 Å². The van der Waals surface area contributed by atoms with E-state index in [0.29, 0.717) is 41.1 Å². The summed E-state index contributed by atoms with van der Waals surface area (Å²) in [6.07, 6.45) is 2.05. The Hall–Kier alpha value is -3.17. The van der Waals surface area contributed by atoms with Crippen molar-refractivity contribution in [2.45, 2.75) is 26.9 Å². The van der Waals surface area contributed by atoms with Crippen molar-refractivity contribution in [3.8, 4) is 0 Å². The summed E-state index contributed by atoms with van der Waals surface area (Å²) >= 11 is 0. The van der Waals surface area contributed by atoms with Crippen LogP contribution in [0.1, 0.15) is 24.2 Å². The molecule has 0 aliphatic carbocycles. The van der Waals surface area contributed by atoms with Crippen molar-refractivity contribution in [2.24, 2.45) is 18.9 Å². The number of fused-ring (bicyclic) bond motifs is 2. The second kappa shape index (κ2) is 9.83. The lowest BCUT2D eigenvalue weighted by Gasteiger charge is -2.19. The molecule has 186 valence electrons. The van der Waals surface area contributed by atoms with Crippen molar-refractivity contribution in [1.29, 1.82) is 0 Å². The fourth-order valence-electron chi connectivity index (χ4n) is 5.07. The van der Waals surface area contributed by atoms with Gasteiger partial charge in [0.1, 0.15) is 0 Å². The minimum Gasteiger partial charge on any atom is -0.341 e. The molecular formula is C25H31ClN6O3. The maximum atomic E-state index is 13.6. The summed E-state index contributed by atoms with van der Waals surface area (Å²) in [7, 11) is 1.61. The van der Waals surface area contributed by atoms with Crippen LogP contribution in [0, 0.1) is 11.8 Å². The number of aryl methyl sites for hydroxylation is 1. The molecule has 0 spiro atoms. The first-order chi connectivity index (χ1) is 16.3. The number of aromatic nitrogens is 4. The molecule has 5 rings (SSSR count). The van der Waals surface area contributed by atoms with E-state index in [1.165, 1.54) is 4.57 Å². The SMILES string of the molecule is CC(C)=CCn1c(N2CC3CNCC3C2)nc2c1c(=O)n(CC(=O)c1ccccc1)c(=O)n2C.Cl. The number of carbonyl (C=O) groups is 1. The number of hydrogen-bond acceptors (Lipinski definition) is 6. The highest BCUT2D eigenvalue weighted by Gasteiger charge is 2.38. The number of nitrogens with one attached hydrogen (secondary N) is 1. The van der Waals surface area contributed by atoms with E-state index in [2.05, 4.69) is 10.2 Å². The van der Waals surface area contributed by atoms with Crippen LogP contribution in [0.3, 0.4) is 0 Å². The predicted octanol–water partition coefficient (Wildman–Crippen LogP) is 1.82. The summed E-state index contributed by atoms with van der Waals surface area (Å²) in [5, 5.41) is 3.45. The molecular weight excluding hydrogens is 468 g/mol. The van der Waals surface area contributed by atoms with Crippen molar-refractivity contribution in [2.75, 3.05) is 31.1 Å². The minimum atomic E-state index is -0.539. The second-order valence-corrected chi connectivity index (χ2v) is 9.58. The van der Waals surface area contributed by atoms with Gasteiger partial charge >= 0.3 is 5.69 Å². The third-order valence-corrected chi connectivity index (χ3v) is 6.96. The van der Waals surface area contributed by atoms with Gasteiger partial charge in [0, 0.05) is 45.3 Å². The van der Waals surface area contributed by atoms with Crippen molar-refractivity contribution < 1.29 is 4.79 Å². The molecule has 9 nitrogen and oxygen atoms in total. The highest BCUT2D eigenvalue weighted by molar-refractivity contribution is 5.95. The summed E-state index contributed by atoms with van der Waals surface area (Å²) < 4.78 is 4.32. The first-order valence-corrected chi connectivity index (χ1v) is 11.7. The van der Waals surface area contributed by atoms with E-state index in [4.69, 9.17) is 4.98 Å². The maximum absolute atomic E-state index is 13.6. The molecule has 1 aromatic carbocycles. The van der Waals surface area contributed by atoms with Crippen LogP contribution in [0.2, 0.25) is 0 Å². The molecule has 2 unspecified atom stereocenters. The van der Waals surface area contributed by atoms with Gasteiger partial charge < -0.3 is 14.8 Å². The lowest BCUT2D eigenvalue weighted by Crippen LogP contribution is -2.41. The van der Waals surface area contributed by atoms with Crippen LogP contribution in [0.4, 0.5) is 5.95 Å². The van der Waals surface area contributed by atoms with Crippen LogP contribution in [0.15, 0.2) is 51.6 Å². The zero-order valence-electron chi connectivity index (χ0n) is 20.2. The molecule has 2 aromatic heterocycles. The Balaban J connectivity index is 0.00000289. The highest BCUT2D eigenvalue weighted by Crippen LogP contribution is 2.31. The van der Waals surface area contributed by atoms with Gasteiger partial charge in [0.25, 0.3) is 5.56 Å². The molecule has 0 saturated carbocycles. The molecule has 3 aromatic rings. The molecule has 4 heterocycles. The van der Waals surface area contributed by atoms with Gasteiger partial charge in [-0.1, -0.05) is 42.0 Å². The van der Waals surface area contributed by atoms with E-state index in [9.17, 15) is 14.4 Å². The monoisotopic (exact) mass is 498 g/mol. The van der Waals surface area contributed by atoms with Crippen LogP contribution in [0.25, 0.3) is 11.2 Å². The number of carbonyl (C=O) groups excluding carboxylic acids is 1. The lowest BCUT2D eigenvalue weighted by atomic mass is 10.0. The lowest BCUT2D eigenvalue weighted by molar-refractivity contribution is 0.0969. The van der Waals surface area contributed by atoms with Gasteiger partial charge in [-0.15, -0.1) is 12.4 Å². The Bertz CT molecular complexity index is 1390. The van der Waals surface area contributed by atoms with Gasteiger partial charge in [-0.05, 0) is 25.7 Å². The van der Waals surface area contributed by atoms with Crippen LogP contribution < -0.4 is 21.5 Å². The zero-order chi connectivity index (χ0) is 24.0. The van der Waals surface area contributed by atoms with Gasteiger partial charge in [0.05, 0.1) is 6.54 Å². The van der Waals surface area contributed by atoms with E-state index < -0.39 is 11.2 Å². The number of allylic oxidation sites excluding steroid dienone is 2. The molecule has 2 aliphatic heterocycles. The third-order valence-electron chi connectivity index (χ3n) is 6.96. The average Bonchev–Trinajstić information content (AvgIpc) is 3.52. The van der Waals surface area contributed by atoms with E-state index in [1.54, 1.807) is 31.3 Å². The normalized spacial score (nSPS) is 19.0. The van der Waals surface area contributed by atoms with E-state index in [-0.39, 0.29) is 24.7 Å². The van der Waals surface area contributed by atoms with Gasteiger partial charge in [-0.2, -0.15) is 4.98 Å². The van der Waals surface area contributed by atoms with Crippen LogP contribution in [-0.4, -0.2) is 50.6 Å². The third kappa shape index (κ3) is 4.46. The Morgan fingerprint density at radius 2 is 1.74 bits per heavy atom. The molecule has 2 aliphatic rings. The molecule has 2 fully saturated rings. The molecule has 2 atom stereocenters. The summed E-state index contributed by atoms with van der Waals surface area (Å²) in [5.41, 5.74) is 1.27. The number of imidazole rings is 1. The number of halogens is 1. The fourth-order valence-corrected chi connectivity index (χ4v) is 5.07. The molecule has 1 N–H and O–H groups in total. The molecule has 10 heteroatoms. The quantitative estimate of drug-likeness (QED) is 0.411. The summed E-state index contributed by atoms with van der Waals surface area (Å²) in [5.74, 6) is 1.54. The largest absolute Gasteiger partial charge is 0.341 e. The molecule has 35 heavy (non-hydrogen) atoms. The molecule has 0 amide bonds. The van der Waals surface area contributed by atoms with Crippen LogP contribution >= 0.6 is 12.4 Å². The summed E-state index contributed by atoms with van der Waals surface area (Å²) in [6.45, 7) is 7.89. The Labute approximate surface area is 209 Å². The number of rotatable bonds is 6. The summed E-state index contributed by atoms with van der Waals surface area (Å²) in [6, 6.07) is 8.72. The molecule has 0 radical (unpaired) electrons. The minimum absolute atomic E-state index is 0. The zero-order valence-corrected chi connectivity index (χ0v) is 21.0. The Kier molecular flexibility index (Phi) is 7.00. The van der Waals surface area contributed by atoms with Gasteiger partial charge in [-0.3, -0.25) is 18.7 Å². The van der Waals surface area contributed by atoms with Crippen molar-refractivity contribution in [1.82, 2.24) is 24.0 Å². The van der Waals surface area contributed by atoms with Crippen LogP contribution in [-0.2, 0) is 20.1 Å². The highest BCUT2D eigenvalue weighted by atomic mass is 35.5. The number of benzene rings is 1. The number of ketones is 1. The van der Waals surface area contributed by atoms with Gasteiger partial charge in [0.2, 0.25) is 5.95 Å². The van der Waals surface area contributed by atoms with Crippen molar-refractivity contribution >= 4 is 35.3 Å². The predicted molar refractivity (Wildman–Crippen MR) is 139 cm³/mol. The maximum Gasteiger partial charge on any atom is 0.332 e. The van der Waals surface area contributed by atoms with E-state index in [1.807, 2.05) is 30.6 Å². The number of anilines is 1. The average molecular weight is 499 g/mol. The topological polar surface area (TPSA) is 94.2 Å². The summed E-state index contributed by atoms with van der Waals surface area (Å²) in [4.78, 5) is 46.6. The van der Waals surface area contributed by atoms with Gasteiger partial charge in [-0.25, -0.2) is 4.79 Å². The van der Waals surface area contributed by atoms with Crippen molar-refractivity contribution in [3.05, 3.63) is 68.4 Å². The first-order valence-electron chi connectivity index (χ1n) is 11.7. The number of nitrogens with zero attached hydrogens (tertiary/aromatic N) is 5. The first kappa shape index (κ1) is 24.9. The molecule has 0 bridgehead atoms. The Morgan fingerprint density at radius 3 is 2.37 bits per heavy atom. The second-order valence-electron chi connectivity index (χ2n) is 9.58. The van der Waals surface area contributed by atoms with E-state index >= 15 is 0 Å². The van der Waals surface area contributed by atoms with Crippen molar-refractivity contribution in [3.63, 3.8) is 0 Å². The smallest absolute Gasteiger partial charge is 0.332 e. The fraction of sp³-hybridized carbons (Fsp3) is 0.440.